The highest BCUT2D eigenvalue weighted by Gasteiger charge is 2.15. The number of nitrogens with zero attached hydrogens (tertiary/aromatic N) is 1. The Bertz CT molecular complexity index is 1090. The van der Waals surface area contributed by atoms with Gasteiger partial charge in [0, 0.05) is 33.9 Å². The van der Waals surface area contributed by atoms with Crippen LogP contribution in [-0.4, -0.2) is 30.0 Å². The van der Waals surface area contributed by atoms with Crippen LogP contribution in [0.2, 0.25) is 0 Å². The fourth-order valence-electron chi connectivity index (χ4n) is 2.88. The molecule has 30 heavy (non-hydrogen) atoms. The van der Waals surface area contributed by atoms with Crippen molar-refractivity contribution in [3.8, 4) is 11.5 Å². The molecule has 1 aromatic heterocycles. The molecular weight excluding hydrogens is 450 g/mol. The van der Waals surface area contributed by atoms with E-state index in [1.807, 2.05) is 0 Å². The molecule has 0 radical (unpaired) electrons. The SMILES string of the molecule is O=C(Nc1cccc(C(=O)Nc2ccc(Br)cn2)c1)c1ccc2c(c1)OCCCO2. The average molecular weight is 468 g/mol. The normalized spacial score (nSPS) is 12.6. The number of aromatic nitrogens is 1. The Morgan fingerprint density at radius 3 is 2.43 bits per heavy atom. The van der Waals surface area contributed by atoms with E-state index in [2.05, 4.69) is 31.5 Å². The van der Waals surface area contributed by atoms with Crippen molar-refractivity contribution < 1.29 is 19.1 Å². The maximum absolute atomic E-state index is 12.7. The van der Waals surface area contributed by atoms with E-state index in [1.165, 1.54) is 0 Å². The quantitative estimate of drug-likeness (QED) is 0.588. The van der Waals surface area contributed by atoms with Gasteiger partial charge >= 0.3 is 0 Å². The van der Waals surface area contributed by atoms with Crippen LogP contribution in [0.25, 0.3) is 0 Å². The van der Waals surface area contributed by atoms with E-state index in [4.69, 9.17) is 9.47 Å². The van der Waals surface area contributed by atoms with Gasteiger partial charge in [-0.2, -0.15) is 0 Å². The number of nitrogens with one attached hydrogen (secondary N) is 2. The molecule has 1 aliphatic heterocycles. The third-order valence-corrected chi connectivity index (χ3v) is 4.83. The molecule has 2 N–H and O–H groups in total. The van der Waals surface area contributed by atoms with Gasteiger partial charge in [0.05, 0.1) is 13.2 Å². The van der Waals surface area contributed by atoms with Crippen molar-refractivity contribution in [2.24, 2.45) is 0 Å². The molecule has 2 aromatic carbocycles. The predicted octanol–water partition coefficient (Wildman–Crippen LogP) is 4.51. The Morgan fingerprint density at radius 1 is 0.867 bits per heavy atom. The number of carbonyl (C=O) groups excluding carboxylic acids is 2. The third kappa shape index (κ3) is 4.77. The van der Waals surface area contributed by atoms with Crippen molar-refractivity contribution in [2.45, 2.75) is 6.42 Å². The molecule has 8 heteroatoms. The highest BCUT2D eigenvalue weighted by Crippen LogP contribution is 2.30. The minimum atomic E-state index is -0.323. The molecule has 0 bridgehead atoms. The third-order valence-electron chi connectivity index (χ3n) is 4.36. The molecular formula is C22H18BrN3O4. The molecule has 3 aromatic rings. The Kier molecular flexibility index (Phi) is 5.94. The fraction of sp³-hybridized carbons (Fsp3) is 0.136. The van der Waals surface area contributed by atoms with Crippen molar-refractivity contribution in [1.82, 2.24) is 4.98 Å². The lowest BCUT2D eigenvalue weighted by Gasteiger charge is -2.11. The molecule has 0 saturated carbocycles. The number of fused-ring (bicyclic) bond motifs is 1. The second-order valence-electron chi connectivity index (χ2n) is 6.56. The zero-order chi connectivity index (χ0) is 20.9. The first-order valence-corrected chi connectivity index (χ1v) is 10.1. The van der Waals surface area contributed by atoms with E-state index in [9.17, 15) is 9.59 Å². The molecule has 0 spiro atoms. The lowest BCUT2D eigenvalue weighted by Crippen LogP contribution is -2.15. The summed E-state index contributed by atoms with van der Waals surface area (Å²) >= 11 is 3.30. The fourth-order valence-corrected chi connectivity index (χ4v) is 3.12. The zero-order valence-electron chi connectivity index (χ0n) is 15.9. The summed E-state index contributed by atoms with van der Waals surface area (Å²) in [6.45, 7) is 1.13. The molecule has 152 valence electrons. The van der Waals surface area contributed by atoms with E-state index in [1.54, 1.807) is 60.8 Å². The van der Waals surface area contributed by atoms with Gasteiger partial charge in [-0.25, -0.2) is 4.98 Å². The van der Waals surface area contributed by atoms with E-state index < -0.39 is 0 Å². The number of hydrogen-bond acceptors (Lipinski definition) is 5. The first-order chi connectivity index (χ1) is 14.6. The molecule has 2 amide bonds. The van der Waals surface area contributed by atoms with Gasteiger partial charge in [0.1, 0.15) is 5.82 Å². The van der Waals surface area contributed by atoms with Crippen LogP contribution in [0.15, 0.2) is 65.3 Å². The van der Waals surface area contributed by atoms with E-state index >= 15 is 0 Å². The number of benzene rings is 2. The van der Waals surface area contributed by atoms with E-state index in [0.717, 1.165) is 10.9 Å². The summed E-state index contributed by atoms with van der Waals surface area (Å²) in [7, 11) is 0. The minimum Gasteiger partial charge on any atom is -0.490 e. The van der Waals surface area contributed by atoms with Crippen molar-refractivity contribution >= 4 is 39.2 Å². The summed E-state index contributed by atoms with van der Waals surface area (Å²) in [5.74, 6) is 0.985. The second-order valence-corrected chi connectivity index (χ2v) is 7.48. The van der Waals surface area contributed by atoms with Crippen LogP contribution in [0, 0.1) is 0 Å². The molecule has 7 nitrogen and oxygen atoms in total. The van der Waals surface area contributed by atoms with Gasteiger partial charge in [0.2, 0.25) is 0 Å². The molecule has 4 rings (SSSR count). The Hall–Kier alpha value is -3.39. The van der Waals surface area contributed by atoms with Crippen LogP contribution < -0.4 is 20.1 Å². The van der Waals surface area contributed by atoms with Crippen molar-refractivity contribution in [1.29, 1.82) is 0 Å². The average Bonchev–Trinajstić information content (AvgIpc) is 3.00. The maximum atomic E-state index is 12.7. The molecule has 0 unspecified atom stereocenters. The van der Waals surface area contributed by atoms with E-state index in [-0.39, 0.29) is 11.8 Å². The second kappa shape index (κ2) is 8.96. The van der Waals surface area contributed by atoms with Crippen molar-refractivity contribution in [3.63, 3.8) is 0 Å². The van der Waals surface area contributed by atoms with Crippen molar-refractivity contribution in [2.75, 3.05) is 23.8 Å². The van der Waals surface area contributed by atoms with Gasteiger partial charge in [0.25, 0.3) is 11.8 Å². The maximum Gasteiger partial charge on any atom is 0.256 e. The summed E-state index contributed by atoms with van der Waals surface area (Å²) in [5, 5.41) is 5.53. The van der Waals surface area contributed by atoms with Gasteiger partial charge in [0.15, 0.2) is 11.5 Å². The van der Waals surface area contributed by atoms with Gasteiger partial charge in [-0.05, 0) is 64.5 Å². The minimum absolute atomic E-state index is 0.308. The Labute approximate surface area is 181 Å². The van der Waals surface area contributed by atoms with Gasteiger partial charge in [-0.1, -0.05) is 6.07 Å². The van der Waals surface area contributed by atoms with Crippen LogP contribution >= 0.6 is 15.9 Å². The molecule has 0 aliphatic carbocycles. The Balaban J connectivity index is 1.46. The number of anilines is 2. The van der Waals surface area contributed by atoms with Gasteiger partial charge < -0.3 is 20.1 Å². The number of carbonyl (C=O) groups is 2. The standard InChI is InChI=1S/C22H18BrN3O4/c23-16-6-8-20(24-13-16)26-22(28)14-3-1-4-17(11-14)25-21(27)15-5-7-18-19(12-15)30-10-2-9-29-18/h1,3-8,11-13H,2,9-10H2,(H,25,27)(H,24,26,28). The van der Waals surface area contributed by atoms with Gasteiger partial charge in [-0.15, -0.1) is 0 Å². The summed E-state index contributed by atoms with van der Waals surface area (Å²) in [5.41, 5.74) is 1.34. The Morgan fingerprint density at radius 2 is 1.63 bits per heavy atom. The summed E-state index contributed by atoms with van der Waals surface area (Å²) in [6.07, 6.45) is 2.39. The summed E-state index contributed by atoms with van der Waals surface area (Å²) in [4.78, 5) is 29.3. The van der Waals surface area contributed by atoms with E-state index in [0.29, 0.717) is 47.3 Å². The largest absolute Gasteiger partial charge is 0.490 e. The number of amides is 2. The highest BCUT2D eigenvalue weighted by molar-refractivity contribution is 9.10. The van der Waals surface area contributed by atoms with Crippen LogP contribution in [-0.2, 0) is 0 Å². The predicted molar refractivity (Wildman–Crippen MR) is 116 cm³/mol. The number of pyridine rings is 1. The van der Waals surface area contributed by atoms with Crippen LogP contribution in [0.4, 0.5) is 11.5 Å². The molecule has 1 aliphatic rings. The zero-order valence-corrected chi connectivity index (χ0v) is 17.4. The number of hydrogen-bond donors (Lipinski definition) is 2. The number of rotatable bonds is 4. The molecule has 2 heterocycles. The lowest BCUT2D eigenvalue weighted by atomic mass is 10.1. The summed E-state index contributed by atoms with van der Waals surface area (Å²) in [6, 6.07) is 15.2. The van der Waals surface area contributed by atoms with Crippen molar-refractivity contribution in [3.05, 3.63) is 76.4 Å². The number of ether oxygens (including phenoxy) is 2. The summed E-state index contributed by atoms with van der Waals surface area (Å²) < 4.78 is 12.0. The van der Waals surface area contributed by atoms with Crippen LogP contribution in [0.5, 0.6) is 11.5 Å². The first kappa shape index (κ1) is 19.9. The lowest BCUT2D eigenvalue weighted by molar-refractivity contribution is 0.101. The first-order valence-electron chi connectivity index (χ1n) is 9.32. The molecule has 0 saturated heterocycles. The van der Waals surface area contributed by atoms with Gasteiger partial charge in [-0.3, -0.25) is 9.59 Å². The topological polar surface area (TPSA) is 89.6 Å². The smallest absolute Gasteiger partial charge is 0.256 e. The highest BCUT2D eigenvalue weighted by atomic mass is 79.9. The van der Waals surface area contributed by atoms with Crippen LogP contribution in [0.1, 0.15) is 27.1 Å². The van der Waals surface area contributed by atoms with Crippen LogP contribution in [0.3, 0.4) is 0 Å². The number of halogens is 1. The molecule has 0 atom stereocenters. The monoisotopic (exact) mass is 467 g/mol. The molecule has 0 fully saturated rings.